The molecule has 0 saturated carbocycles. The van der Waals surface area contributed by atoms with E-state index in [4.69, 9.17) is 8.83 Å². The molecular weight excluding hydrogens is 394 g/mol. The molecule has 4 rings (SSSR count). The van der Waals surface area contributed by atoms with E-state index in [9.17, 15) is 14.4 Å². The van der Waals surface area contributed by atoms with Gasteiger partial charge in [0.1, 0.15) is 6.26 Å². The minimum absolute atomic E-state index is 0.000778. The van der Waals surface area contributed by atoms with Gasteiger partial charge >= 0.3 is 0 Å². The van der Waals surface area contributed by atoms with Gasteiger partial charge in [-0.2, -0.15) is 0 Å². The van der Waals surface area contributed by atoms with Crippen molar-refractivity contribution >= 4 is 34.1 Å². The van der Waals surface area contributed by atoms with E-state index in [0.29, 0.717) is 41.4 Å². The van der Waals surface area contributed by atoms with Gasteiger partial charge in [-0.05, 0) is 43.2 Å². The average Bonchev–Trinajstić information content (AvgIpc) is 3.50. The summed E-state index contributed by atoms with van der Waals surface area (Å²) >= 11 is 1.20. The van der Waals surface area contributed by atoms with Gasteiger partial charge in [0.05, 0.1) is 28.0 Å². The predicted octanol–water partition coefficient (Wildman–Crippen LogP) is 3.22. The molecule has 3 aromatic heterocycles. The van der Waals surface area contributed by atoms with E-state index in [1.165, 1.54) is 30.1 Å². The molecule has 1 fully saturated rings. The van der Waals surface area contributed by atoms with Crippen LogP contribution in [0.2, 0.25) is 0 Å². The number of furan rings is 2. The fourth-order valence-electron chi connectivity index (χ4n) is 3.16. The SMILES string of the molecule is O=C(Nc1ccc(C(=O)NC2CCN(C(=O)c3ccoc3)CC2)s1)c1ccco1. The third kappa shape index (κ3) is 4.40. The van der Waals surface area contributed by atoms with Crippen molar-refractivity contribution in [3.8, 4) is 0 Å². The van der Waals surface area contributed by atoms with E-state index < -0.39 is 0 Å². The van der Waals surface area contributed by atoms with Gasteiger partial charge in [-0.1, -0.05) is 0 Å². The summed E-state index contributed by atoms with van der Waals surface area (Å²) in [5.41, 5.74) is 0.537. The van der Waals surface area contributed by atoms with Crippen molar-refractivity contribution < 1.29 is 23.2 Å². The predicted molar refractivity (Wildman–Crippen MR) is 106 cm³/mol. The third-order valence-electron chi connectivity index (χ3n) is 4.70. The molecule has 9 heteroatoms. The monoisotopic (exact) mass is 413 g/mol. The highest BCUT2D eigenvalue weighted by molar-refractivity contribution is 7.18. The molecule has 0 aliphatic carbocycles. The molecule has 1 aliphatic rings. The molecule has 1 aliphatic heterocycles. The minimum Gasteiger partial charge on any atom is -0.472 e. The molecule has 3 amide bonds. The van der Waals surface area contributed by atoms with E-state index in [1.54, 1.807) is 35.2 Å². The van der Waals surface area contributed by atoms with Crippen LogP contribution in [-0.2, 0) is 0 Å². The molecule has 8 nitrogen and oxygen atoms in total. The van der Waals surface area contributed by atoms with Crippen LogP contribution in [0.3, 0.4) is 0 Å². The second-order valence-electron chi connectivity index (χ2n) is 6.65. The summed E-state index contributed by atoms with van der Waals surface area (Å²) in [4.78, 5) is 39.1. The maximum absolute atomic E-state index is 12.5. The van der Waals surface area contributed by atoms with Crippen molar-refractivity contribution in [2.24, 2.45) is 0 Å². The number of likely N-dealkylation sites (tertiary alicyclic amines) is 1. The normalized spacial score (nSPS) is 14.6. The molecule has 0 unspecified atom stereocenters. The summed E-state index contributed by atoms with van der Waals surface area (Å²) in [7, 11) is 0. The molecule has 1 saturated heterocycles. The number of amides is 3. The van der Waals surface area contributed by atoms with Crippen LogP contribution in [0.15, 0.2) is 58.0 Å². The maximum atomic E-state index is 12.5. The van der Waals surface area contributed by atoms with Crippen LogP contribution in [0.4, 0.5) is 5.00 Å². The van der Waals surface area contributed by atoms with Gasteiger partial charge in [0.25, 0.3) is 17.7 Å². The molecule has 0 atom stereocenters. The van der Waals surface area contributed by atoms with E-state index in [-0.39, 0.29) is 29.5 Å². The summed E-state index contributed by atoms with van der Waals surface area (Å²) in [6, 6.07) is 8.22. The summed E-state index contributed by atoms with van der Waals surface area (Å²) in [6.45, 7) is 1.15. The van der Waals surface area contributed by atoms with Crippen molar-refractivity contribution in [2.75, 3.05) is 18.4 Å². The second kappa shape index (κ2) is 8.36. The first-order valence-electron chi connectivity index (χ1n) is 9.17. The van der Waals surface area contributed by atoms with E-state index in [1.807, 2.05) is 0 Å². The Labute approximate surface area is 170 Å². The van der Waals surface area contributed by atoms with Crippen LogP contribution in [-0.4, -0.2) is 41.8 Å². The fraction of sp³-hybridized carbons (Fsp3) is 0.250. The fourth-order valence-corrected chi connectivity index (χ4v) is 3.96. The topological polar surface area (TPSA) is 105 Å². The molecule has 0 aromatic carbocycles. The summed E-state index contributed by atoms with van der Waals surface area (Å²) in [5, 5.41) is 6.28. The van der Waals surface area contributed by atoms with Crippen LogP contribution in [0.1, 0.15) is 43.4 Å². The highest BCUT2D eigenvalue weighted by atomic mass is 32.1. The van der Waals surface area contributed by atoms with Crippen LogP contribution in [0.5, 0.6) is 0 Å². The summed E-state index contributed by atoms with van der Waals surface area (Å²) in [6.07, 6.45) is 5.71. The average molecular weight is 413 g/mol. The number of hydrogen-bond donors (Lipinski definition) is 2. The quantitative estimate of drug-likeness (QED) is 0.668. The number of nitrogens with zero attached hydrogens (tertiary/aromatic N) is 1. The first-order chi connectivity index (χ1) is 14.1. The number of nitrogens with one attached hydrogen (secondary N) is 2. The molecule has 0 spiro atoms. The molecule has 0 radical (unpaired) electrons. The Hall–Kier alpha value is -3.33. The molecule has 29 heavy (non-hydrogen) atoms. The van der Waals surface area contributed by atoms with Gasteiger partial charge in [0.15, 0.2) is 5.76 Å². The number of hydrogen-bond acceptors (Lipinski definition) is 6. The van der Waals surface area contributed by atoms with Crippen molar-refractivity contribution in [2.45, 2.75) is 18.9 Å². The minimum atomic E-state index is -0.363. The third-order valence-corrected chi connectivity index (χ3v) is 5.70. The number of piperidine rings is 1. The Bertz CT molecular complexity index is 985. The van der Waals surface area contributed by atoms with E-state index >= 15 is 0 Å². The first kappa shape index (κ1) is 19.0. The molecule has 2 N–H and O–H groups in total. The lowest BCUT2D eigenvalue weighted by molar-refractivity contribution is 0.0697. The standard InChI is InChI=1S/C20H19N3O5S/c24-18(15-2-1-10-28-15)22-17-4-3-16(29-17)19(25)21-14-5-8-23(9-6-14)20(26)13-7-11-27-12-13/h1-4,7,10-12,14H,5-6,8-9H2,(H,21,25)(H,22,24). The summed E-state index contributed by atoms with van der Waals surface area (Å²) in [5.74, 6) is -0.397. The van der Waals surface area contributed by atoms with E-state index in [2.05, 4.69) is 10.6 Å². The lowest BCUT2D eigenvalue weighted by atomic mass is 10.0. The van der Waals surface area contributed by atoms with Crippen LogP contribution < -0.4 is 10.6 Å². The number of carbonyl (C=O) groups is 3. The van der Waals surface area contributed by atoms with Crippen molar-refractivity contribution in [3.05, 3.63) is 65.3 Å². The van der Waals surface area contributed by atoms with Gasteiger partial charge in [-0.15, -0.1) is 11.3 Å². The zero-order chi connectivity index (χ0) is 20.2. The largest absolute Gasteiger partial charge is 0.472 e. The highest BCUT2D eigenvalue weighted by Gasteiger charge is 2.25. The van der Waals surface area contributed by atoms with Crippen LogP contribution in [0, 0.1) is 0 Å². The second-order valence-corrected chi connectivity index (χ2v) is 7.73. The van der Waals surface area contributed by atoms with Gasteiger partial charge in [0.2, 0.25) is 0 Å². The number of thiophene rings is 1. The van der Waals surface area contributed by atoms with E-state index in [0.717, 1.165) is 0 Å². The van der Waals surface area contributed by atoms with Crippen molar-refractivity contribution in [1.29, 1.82) is 0 Å². The van der Waals surface area contributed by atoms with Crippen molar-refractivity contribution in [1.82, 2.24) is 10.2 Å². The molecule has 3 aromatic rings. The van der Waals surface area contributed by atoms with Gasteiger partial charge < -0.3 is 24.4 Å². The molecule has 0 bridgehead atoms. The van der Waals surface area contributed by atoms with Gasteiger partial charge in [-0.25, -0.2) is 0 Å². The Kier molecular flexibility index (Phi) is 5.48. The number of rotatable bonds is 5. The summed E-state index contributed by atoms with van der Waals surface area (Å²) < 4.78 is 10.0. The number of anilines is 1. The smallest absolute Gasteiger partial charge is 0.291 e. The Morgan fingerprint density at radius 3 is 2.55 bits per heavy atom. The molecule has 4 heterocycles. The van der Waals surface area contributed by atoms with Gasteiger partial charge in [-0.3, -0.25) is 14.4 Å². The molecular formula is C20H19N3O5S. The highest BCUT2D eigenvalue weighted by Crippen LogP contribution is 2.23. The van der Waals surface area contributed by atoms with Crippen LogP contribution >= 0.6 is 11.3 Å². The lowest BCUT2D eigenvalue weighted by Crippen LogP contribution is -2.46. The zero-order valence-electron chi connectivity index (χ0n) is 15.4. The maximum Gasteiger partial charge on any atom is 0.291 e. The van der Waals surface area contributed by atoms with Gasteiger partial charge in [0, 0.05) is 19.1 Å². The lowest BCUT2D eigenvalue weighted by Gasteiger charge is -2.32. The Morgan fingerprint density at radius 2 is 1.86 bits per heavy atom. The molecule has 150 valence electrons. The number of carbonyl (C=O) groups excluding carboxylic acids is 3. The van der Waals surface area contributed by atoms with Crippen LogP contribution in [0.25, 0.3) is 0 Å². The Balaban J connectivity index is 1.27. The zero-order valence-corrected chi connectivity index (χ0v) is 16.2. The van der Waals surface area contributed by atoms with Crippen molar-refractivity contribution in [3.63, 3.8) is 0 Å². The first-order valence-corrected chi connectivity index (χ1v) is 9.99. The Morgan fingerprint density at radius 1 is 1.03 bits per heavy atom.